The average molecular weight is 278 g/mol. The Morgan fingerprint density at radius 1 is 1.15 bits per heavy atom. The van der Waals surface area contributed by atoms with Crippen LogP contribution in [0.2, 0.25) is 0 Å². The largest absolute Gasteiger partial charge is 0.394 e. The number of carbonyl (C=O) groups excluding carboxylic acids is 2. The minimum absolute atomic E-state index is 0.182. The van der Waals surface area contributed by atoms with Crippen LogP contribution in [0, 0.1) is 20.8 Å². The summed E-state index contributed by atoms with van der Waals surface area (Å²) in [4.78, 5) is 23.6. The second-order valence-electron chi connectivity index (χ2n) is 4.99. The second kappa shape index (κ2) is 7.05. The fourth-order valence-electron chi connectivity index (χ4n) is 2.08. The Balaban J connectivity index is 2.78. The van der Waals surface area contributed by atoms with Gasteiger partial charge in [-0.3, -0.25) is 9.59 Å². The molecule has 1 aromatic carbocycles. The highest BCUT2D eigenvalue weighted by Gasteiger charge is 2.18. The molecule has 0 radical (unpaired) electrons. The van der Waals surface area contributed by atoms with Gasteiger partial charge in [0.1, 0.15) is 0 Å². The van der Waals surface area contributed by atoms with E-state index < -0.39 is 17.9 Å². The first-order chi connectivity index (χ1) is 9.38. The number of hydrogen-bond donors (Lipinski definition) is 3. The third-order valence-corrected chi connectivity index (χ3v) is 3.17. The zero-order valence-electron chi connectivity index (χ0n) is 12.4. The number of aliphatic hydroxyl groups excluding tert-OH is 1. The first-order valence-corrected chi connectivity index (χ1v) is 6.69. The van der Waals surface area contributed by atoms with E-state index in [1.807, 2.05) is 39.8 Å². The van der Waals surface area contributed by atoms with Gasteiger partial charge in [0.05, 0.1) is 12.6 Å². The normalized spacial score (nSPS) is 11.8. The molecule has 0 unspecified atom stereocenters. The van der Waals surface area contributed by atoms with Gasteiger partial charge in [-0.25, -0.2) is 0 Å². The van der Waals surface area contributed by atoms with Crippen molar-refractivity contribution in [2.45, 2.75) is 40.2 Å². The Morgan fingerprint density at radius 3 is 2.15 bits per heavy atom. The fourth-order valence-corrected chi connectivity index (χ4v) is 2.08. The molecule has 1 rings (SSSR count). The molecule has 0 aliphatic rings. The van der Waals surface area contributed by atoms with Crippen LogP contribution in [0.25, 0.3) is 0 Å². The van der Waals surface area contributed by atoms with E-state index in [2.05, 4.69) is 10.6 Å². The Morgan fingerprint density at radius 2 is 1.70 bits per heavy atom. The number of amides is 2. The molecule has 3 N–H and O–H groups in total. The van der Waals surface area contributed by atoms with Crippen molar-refractivity contribution in [2.24, 2.45) is 0 Å². The molecule has 0 aliphatic heterocycles. The van der Waals surface area contributed by atoms with Crippen molar-refractivity contribution in [3.63, 3.8) is 0 Å². The molecule has 0 saturated heterocycles. The van der Waals surface area contributed by atoms with Crippen molar-refractivity contribution < 1.29 is 14.7 Å². The Kier molecular flexibility index (Phi) is 5.70. The molecule has 5 heteroatoms. The van der Waals surface area contributed by atoms with Gasteiger partial charge in [0.15, 0.2) is 0 Å². The van der Waals surface area contributed by atoms with Crippen LogP contribution in [-0.4, -0.2) is 29.6 Å². The van der Waals surface area contributed by atoms with Crippen molar-refractivity contribution in [1.82, 2.24) is 5.32 Å². The van der Waals surface area contributed by atoms with Gasteiger partial charge in [-0.15, -0.1) is 0 Å². The Labute approximate surface area is 119 Å². The van der Waals surface area contributed by atoms with E-state index >= 15 is 0 Å². The monoisotopic (exact) mass is 278 g/mol. The number of anilines is 1. The second-order valence-corrected chi connectivity index (χ2v) is 4.99. The molecule has 0 aliphatic carbocycles. The van der Waals surface area contributed by atoms with E-state index in [0.717, 1.165) is 16.7 Å². The van der Waals surface area contributed by atoms with Crippen LogP contribution in [0.15, 0.2) is 12.1 Å². The maximum atomic E-state index is 11.9. The van der Waals surface area contributed by atoms with Crippen molar-refractivity contribution in [3.05, 3.63) is 28.8 Å². The van der Waals surface area contributed by atoms with Crippen LogP contribution < -0.4 is 10.6 Å². The summed E-state index contributed by atoms with van der Waals surface area (Å²) in [6, 6.07) is 3.50. The minimum Gasteiger partial charge on any atom is -0.394 e. The molecule has 0 aromatic heterocycles. The molecule has 0 saturated carbocycles. The highest BCUT2D eigenvalue weighted by Crippen LogP contribution is 2.21. The third-order valence-electron chi connectivity index (χ3n) is 3.17. The van der Waals surface area contributed by atoms with Gasteiger partial charge in [-0.2, -0.15) is 0 Å². The van der Waals surface area contributed by atoms with Crippen LogP contribution in [0.5, 0.6) is 0 Å². The van der Waals surface area contributed by atoms with Crippen LogP contribution in [0.1, 0.15) is 30.0 Å². The predicted molar refractivity (Wildman–Crippen MR) is 78.6 cm³/mol. The summed E-state index contributed by atoms with van der Waals surface area (Å²) < 4.78 is 0. The number of aliphatic hydroxyl groups is 1. The summed E-state index contributed by atoms with van der Waals surface area (Å²) >= 11 is 0. The molecule has 110 valence electrons. The topological polar surface area (TPSA) is 78.4 Å². The molecule has 0 spiro atoms. The Hall–Kier alpha value is -1.88. The minimum atomic E-state index is -0.731. The van der Waals surface area contributed by atoms with E-state index in [4.69, 9.17) is 5.11 Å². The van der Waals surface area contributed by atoms with Crippen LogP contribution >= 0.6 is 0 Å². The molecule has 5 nitrogen and oxygen atoms in total. The van der Waals surface area contributed by atoms with Crippen molar-refractivity contribution in [1.29, 1.82) is 0 Å². The predicted octanol–water partition coefficient (Wildman–Crippen LogP) is 1.44. The van der Waals surface area contributed by atoms with Gasteiger partial charge in [-0.05, 0) is 38.3 Å². The number of benzene rings is 1. The molecule has 2 amide bonds. The molecule has 0 fully saturated rings. The quantitative estimate of drug-likeness (QED) is 0.729. The summed E-state index contributed by atoms with van der Waals surface area (Å²) in [6.45, 7) is 7.39. The molecule has 1 atom stereocenters. The van der Waals surface area contributed by atoms with Gasteiger partial charge in [-0.1, -0.05) is 24.6 Å². The Bertz CT molecular complexity index is 485. The molecule has 1 aromatic rings. The number of nitrogens with one attached hydrogen (secondary N) is 2. The number of carbonyl (C=O) groups is 2. The molecule has 0 heterocycles. The lowest BCUT2D eigenvalue weighted by Crippen LogP contribution is -2.43. The highest BCUT2D eigenvalue weighted by atomic mass is 16.3. The number of rotatable bonds is 4. The maximum Gasteiger partial charge on any atom is 0.313 e. The SMILES string of the molecule is CC[C@H](CO)NC(=O)C(=O)Nc1c(C)cc(C)cc1C. The fraction of sp³-hybridized carbons (Fsp3) is 0.467. The lowest BCUT2D eigenvalue weighted by atomic mass is 10.1. The summed E-state index contributed by atoms with van der Waals surface area (Å²) in [5, 5.41) is 14.1. The van der Waals surface area contributed by atoms with Crippen LogP contribution in [-0.2, 0) is 9.59 Å². The maximum absolute atomic E-state index is 11.9. The number of hydrogen-bond acceptors (Lipinski definition) is 3. The van der Waals surface area contributed by atoms with Gasteiger partial charge >= 0.3 is 11.8 Å². The summed E-state index contributed by atoms with van der Waals surface area (Å²) in [5.41, 5.74) is 3.59. The van der Waals surface area contributed by atoms with E-state index in [9.17, 15) is 9.59 Å². The average Bonchev–Trinajstić information content (AvgIpc) is 2.39. The van der Waals surface area contributed by atoms with Gasteiger partial charge in [0.25, 0.3) is 0 Å². The number of aryl methyl sites for hydroxylation is 3. The van der Waals surface area contributed by atoms with Crippen molar-refractivity contribution >= 4 is 17.5 Å². The zero-order chi connectivity index (χ0) is 15.3. The first kappa shape index (κ1) is 16.2. The summed E-state index contributed by atoms with van der Waals surface area (Å²) in [5.74, 6) is -1.45. The lowest BCUT2D eigenvalue weighted by molar-refractivity contribution is -0.136. The molecular formula is C15H22N2O3. The van der Waals surface area contributed by atoms with E-state index in [0.29, 0.717) is 12.1 Å². The van der Waals surface area contributed by atoms with Crippen LogP contribution in [0.4, 0.5) is 5.69 Å². The van der Waals surface area contributed by atoms with Crippen LogP contribution in [0.3, 0.4) is 0 Å². The lowest BCUT2D eigenvalue weighted by Gasteiger charge is -2.15. The standard InChI is InChI=1S/C15H22N2O3/c1-5-12(8-18)16-14(19)15(20)17-13-10(3)6-9(2)7-11(13)4/h6-7,12,18H,5,8H2,1-4H3,(H,16,19)(H,17,20)/t12-/m1/s1. The zero-order valence-corrected chi connectivity index (χ0v) is 12.4. The van der Waals surface area contributed by atoms with Gasteiger partial charge in [0.2, 0.25) is 0 Å². The smallest absolute Gasteiger partial charge is 0.313 e. The summed E-state index contributed by atoms with van der Waals surface area (Å²) in [6.07, 6.45) is 0.568. The highest BCUT2D eigenvalue weighted by molar-refractivity contribution is 6.39. The first-order valence-electron chi connectivity index (χ1n) is 6.69. The summed E-state index contributed by atoms with van der Waals surface area (Å²) in [7, 11) is 0. The van der Waals surface area contributed by atoms with Gasteiger partial charge in [0, 0.05) is 5.69 Å². The molecular weight excluding hydrogens is 256 g/mol. The van der Waals surface area contributed by atoms with E-state index in [1.165, 1.54) is 0 Å². The van der Waals surface area contributed by atoms with E-state index in [-0.39, 0.29) is 6.61 Å². The van der Waals surface area contributed by atoms with Crippen molar-refractivity contribution in [3.8, 4) is 0 Å². The third kappa shape index (κ3) is 4.06. The molecule has 0 bridgehead atoms. The van der Waals surface area contributed by atoms with Gasteiger partial charge < -0.3 is 15.7 Å². The molecule has 20 heavy (non-hydrogen) atoms. The van der Waals surface area contributed by atoms with Crippen molar-refractivity contribution in [2.75, 3.05) is 11.9 Å². The van der Waals surface area contributed by atoms with E-state index in [1.54, 1.807) is 0 Å².